The van der Waals surface area contributed by atoms with Crippen molar-refractivity contribution in [3.63, 3.8) is 0 Å². The number of halogens is 4. The number of para-hydroxylation sites is 1. The number of rotatable bonds is 5. The lowest BCUT2D eigenvalue weighted by molar-refractivity contribution is -0.137. The van der Waals surface area contributed by atoms with Gasteiger partial charge >= 0.3 is 6.18 Å². The summed E-state index contributed by atoms with van der Waals surface area (Å²) in [5.41, 5.74) is 0.921. The van der Waals surface area contributed by atoms with Crippen LogP contribution in [0.15, 0.2) is 41.7 Å². The van der Waals surface area contributed by atoms with Crippen LogP contribution in [0.1, 0.15) is 17.0 Å². The van der Waals surface area contributed by atoms with E-state index in [-0.39, 0.29) is 16.6 Å². The third kappa shape index (κ3) is 4.88. The minimum Gasteiger partial charge on any atom is -0.309 e. The molecule has 29 heavy (non-hydrogen) atoms. The molecule has 0 radical (unpaired) electrons. The number of thioether (sulfide) groups is 1. The number of hydrogen-bond acceptors (Lipinski definition) is 5. The van der Waals surface area contributed by atoms with Crippen LogP contribution in [0.25, 0.3) is 5.69 Å². The number of benzene rings is 1. The number of pyridine rings is 1. The monoisotopic (exact) mass is 441 g/mol. The standard InChI is InChI=1S/C18H15ClF3N5OS/c1-10-5-3-4-6-14(10)27-11(2)25-26-17(27)29-9-15(28)24-16-13(19)7-12(8-23-16)18(20,21)22/h3-8H,9H2,1-2H3,(H,23,24,28). The summed E-state index contributed by atoms with van der Waals surface area (Å²) in [6.07, 6.45) is -3.95. The Balaban J connectivity index is 1.71. The number of anilines is 1. The molecule has 152 valence electrons. The Labute approximate surface area is 173 Å². The van der Waals surface area contributed by atoms with Crippen LogP contribution >= 0.6 is 23.4 Å². The van der Waals surface area contributed by atoms with E-state index < -0.39 is 17.6 Å². The SMILES string of the molecule is Cc1ccccc1-n1c(C)nnc1SCC(=O)Nc1ncc(C(F)(F)F)cc1Cl. The average Bonchev–Trinajstić information content (AvgIpc) is 3.02. The lowest BCUT2D eigenvalue weighted by Crippen LogP contribution is -2.16. The van der Waals surface area contributed by atoms with E-state index in [4.69, 9.17) is 11.6 Å². The summed E-state index contributed by atoms with van der Waals surface area (Å²) in [4.78, 5) is 15.8. The van der Waals surface area contributed by atoms with E-state index in [1.54, 1.807) is 6.92 Å². The highest BCUT2D eigenvalue weighted by Gasteiger charge is 2.31. The number of alkyl halides is 3. The second-order valence-electron chi connectivity index (χ2n) is 6.04. The van der Waals surface area contributed by atoms with Gasteiger partial charge in [-0.2, -0.15) is 13.2 Å². The maximum atomic E-state index is 12.7. The Kier molecular flexibility index (Phi) is 6.13. The highest BCUT2D eigenvalue weighted by molar-refractivity contribution is 7.99. The van der Waals surface area contributed by atoms with Crippen molar-refractivity contribution in [3.8, 4) is 5.69 Å². The van der Waals surface area contributed by atoms with Crippen molar-refractivity contribution in [2.75, 3.05) is 11.1 Å². The first kappa shape index (κ1) is 21.1. The molecule has 1 amide bonds. The van der Waals surface area contributed by atoms with E-state index in [2.05, 4.69) is 20.5 Å². The largest absolute Gasteiger partial charge is 0.417 e. The fourth-order valence-electron chi connectivity index (χ4n) is 2.51. The topological polar surface area (TPSA) is 72.7 Å². The van der Waals surface area contributed by atoms with Crippen molar-refractivity contribution < 1.29 is 18.0 Å². The second kappa shape index (κ2) is 8.42. The van der Waals surface area contributed by atoms with Gasteiger partial charge in [0.1, 0.15) is 5.82 Å². The van der Waals surface area contributed by atoms with Crippen LogP contribution in [0.4, 0.5) is 19.0 Å². The maximum absolute atomic E-state index is 12.7. The number of hydrogen-bond donors (Lipinski definition) is 1. The van der Waals surface area contributed by atoms with Crippen LogP contribution in [0, 0.1) is 13.8 Å². The summed E-state index contributed by atoms with van der Waals surface area (Å²) in [6, 6.07) is 8.40. The zero-order valence-electron chi connectivity index (χ0n) is 15.3. The first-order valence-electron chi connectivity index (χ1n) is 8.30. The van der Waals surface area contributed by atoms with Crippen LogP contribution in [-0.4, -0.2) is 31.4 Å². The first-order valence-corrected chi connectivity index (χ1v) is 9.66. The van der Waals surface area contributed by atoms with Crippen LogP contribution < -0.4 is 5.32 Å². The van der Waals surface area contributed by atoms with Gasteiger partial charge in [-0.1, -0.05) is 41.6 Å². The van der Waals surface area contributed by atoms with Crippen molar-refractivity contribution in [1.82, 2.24) is 19.7 Å². The summed E-state index contributed by atoms with van der Waals surface area (Å²) in [6.45, 7) is 3.75. The van der Waals surface area contributed by atoms with Gasteiger partial charge in [-0.15, -0.1) is 10.2 Å². The van der Waals surface area contributed by atoms with Crippen LogP contribution in [0.2, 0.25) is 5.02 Å². The maximum Gasteiger partial charge on any atom is 0.417 e. The molecule has 3 rings (SSSR count). The summed E-state index contributed by atoms with van der Waals surface area (Å²) in [5, 5.41) is 10.8. The molecular formula is C18H15ClF3N5OS. The van der Waals surface area contributed by atoms with E-state index in [9.17, 15) is 18.0 Å². The van der Waals surface area contributed by atoms with E-state index in [0.717, 1.165) is 29.1 Å². The zero-order chi connectivity index (χ0) is 21.2. The van der Waals surface area contributed by atoms with Crippen molar-refractivity contribution in [2.24, 2.45) is 0 Å². The lowest BCUT2D eigenvalue weighted by Gasteiger charge is -2.11. The Morgan fingerprint density at radius 2 is 1.97 bits per heavy atom. The first-order chi connectivity index (χ1) is 13.7. The van der Waals surface area contributed by atoms with Crippen molar-refractivity contribution in [1.29, 1.82) is 0 Å². The molecule has 0 aliphatic rings. The van der Waals surface area contributed by atoms with Gasteiger partial charge in [0.05, 0.1) is 22.0 Å². The molecule has 11 heteroatoms. The van der Waals surface area contributed by atoms with Gasteiger partial charge in [-0.05, 0) is 31.5 Å². The van der Waals surface area contributed by atoms with E-state index >= 15 is 0 Å². The van der Waals surface area contributed by atoms with Gasteiger partial charge in [0.2, 0.25) is 5.91 Å². The van der Waals surface area contributed by atoms with E-state index in [1.165, 1.54) is 0 Å². The van der Waals surface area contributed by atoms with Crippen LogP contribution in [0.3, 0.4) is 0 Å². The quantitative estimate of drug-likeness (QED) is 0.582. The number of nitrogens with zero attached hydrogens (tertiary/aromatic N) is 4. The predicted octanol–water partition coefficient (Wildman–Crippen LogP) is 4.68. The molecule has 0 bridgehead atoms. The third-order valence-electron chi connectivity index (χ3n) is 3.91. The summed E-state index contributed by atoms with van der Waals surface area (Å²) in [5.74, 6) is -0.0131. The van der Waals surface area contributed by atoms with Crippen molar-refractivity contribution in [2.45, 2.75) is 25.2 Å². The second-order valence-corrected chi connectivity index (χ2v) is 7.39. The molecule has 0 aliphatic heterocycles. The van der Waals surface area contributed by atoms with Gasteiger partial charge in [-0.3, -0.25) is 9.36 Å². The molecule has 1 aromatic carbocycles. The zero-order valence-corrected chi connectivity index (χ0v) is 16.9. The highest BCUT2D eigenvalue weighted by atomic mass is 35.5. The molecule has 0 unspecified atom stereocenters. The minimum absolute atomic E-state index is 0.0525. The molecule has 3 aromatic rings. The molecule has 2 aromatic heterocycles. The summed E-state index contributed by atoms with van der Waals surface area (Å²) in [7, 11) is 0. The van der Waals surface area contributed by atoms with Gasteiger partial charge in [0, 0.05) is 6.20 Å². The van der Waals surface area contributed by atoms with E-state index in [0.29, 0.717) is 17.2 Å². The number of amides is 1. The number of aryl methyl sites for hydroxylation is 2. The number of aromatic nitrogens is 4. The minimum atomic E-state index is -4.56. The molecule has 6 nitrogen and oxygen atoms in total. The van der Waals surface area contributed by atoms with Crippen LogP contribution in [0.5, 0.6) is 0 Å². The number of nitrogens with one attached hydrogen (secondary N) is 1. The Morgan fingerprint density at radius 1 is 1.24 bits per heavy atom. The van der Waals surface area contributed by atoms with Gasteiger partial charge in [0.25, 0.3) is 0 Å². The smallest absolute Gasteiger partial charge is 0.309 e. The molecule has 0 saturated carbocycles. The molecule has 2 heterocycles. The molecule has 0 aliphatic carbocycles. The highest BCUT2D eigenvalue weighted by Crippen LogP contribution is 2.32. The molecule has 0 saturated heterocycles. The Morgan fingerprint density at radius 3 is 2.62 bits per heavy atom. The van der Waals surface area contributed by atoms with Crippen molar-refractivity contribution >= 4 is 35.1 Å². The number of carbonyl (C=O) groups excluding carboxylic acids is 1. The fraction of sp³-hybridized carbons (Fsp3) is 0.222. The van der Waals surface area contributed by atoms with E-state index in [1.807, 2.05) is 35.8 Å². The van der Waals surface area contributed by atoms with Gasteiger partial charge in [-0.25, -0.2) is 4.98 Å². The Hall–Kier alpha value is -2.59. The molecule has 0 spiro atoms. The Bertz CT molecular complexity index is 1050. The summed E-state index contributed by atoms with van der Waals surface area (Å²) >= 11 is 6.95. The number of carbonyl (C=O) groups is 1. The van der Waals surface area contributed by atoms with Crippen LogP contribution in [-0.2, 0) is 11.0 Å². The molecule has 0 fully saturated rings. The predicted molar refractivity (Wildman–Crippen MR) is 104 cm³/mol. The molecule has 1 N–H and O–H groups in total. The third-order valence-corrected chi connectivity index (χ3v) is 5.13. The van der Waals surface area contributed by atoms with Gasteiger partial charge in [0.15, 0.2) is 11.0 Å². The summed E-state index contributed by atoms with van der Waals surface area (Å²) < 4.78 is 39.9. The van der Waals surface area contributed by atoms with Gasteiger partial charge < -0.3 is 5.32 Å². The average molecular weight is 442 g/mol. The lowest BCUT2D eigenvalue weighted by atomic mass is 10.2. The fourth-order valence-corrected chi connectivity index (χ4v) is 3.52. The molecular weight excluding hydrogens is 427 g/mol. The normalized spacial score (nSPS) is 11.5. The van der Waals surface area contributed by atoms with Crippen molar-refractivity contribution in [3.05, 3.63) is 58.5 Å². The molecule has 0 atom stereocenters.